The third-order valence-electron chi connectivity index (χ3n) is 5.91. The van der Waals surface area contributed by atoms with E-state index >= 15 is 0 Å². The summed E-state index contributed by atoms with van der Waals surface area (Å²) in [7, 11) is 3.50. The molecule has 2 aromatic carbocycles. The normalized spacial score (nSPS) is 15.4. The molecule has 7 heteroatoms. The van der Waals surface area contributed by atoms with Gasteiger partial charge in [-0.2, -0.15) is 0 Å². The van der Waals surface area contributed by atoms with Gasteiger partial charge in [-0.15, -0.1) is 24.0 Å². The summed E-state index contributed by atoms with van der Waals surface area (Å²) in [5, 5.41) is 6.99. The van der Waals surface area contributed by atoms with E-state index in [-0.39, 0.29) is 29.4 Å². The highest BCUT2D eigenvalue weighted by Gasteiger charge is 2.34. The first kappa shape index (κ1) is 26.3. The Morgan fingerprint density at radius 2 is 1.66 bits per heavy atom. The molecule has 0 unspecified atom stereocenters. The number of benzene rings is 2. The molecule has 1 saturated heterocycles. The molecule has 2 N–H and O–H groups in total. The zero-order valence-corrected chi connectivity index (χ0v) is 21.7. The monoisotopic (exact) mass is 553 g/mol. The van der Waals surface area contributed by atoms with Crippen LogP contribution >= 0.6 is 24.0 Å². The minimum absolute atomic E-state index is 0. The average molecular weight is 553 g/mol. The molecule has 32 heavy (non-hydrogen) atoms. The molecule has 0 radical (unpaired) electrons. The molecule has 0 spiro atoms. The van der Waals surface area contributed by atoms with Gasteiger partial charge in [0.25, 0.3) is 0 Å². The molecule has 1 heterocycles. The number of nitrogens with one attached hydrogen (secondary N) is 2. The van der Waals surface area contributed by atoms with Crippen LogP contribution in [0.5, 0.6) is 11.5 Å². The fraction of sp³-hybridized carbons (Fsp3) is 0.480. The third kappa shape index (κ3) is 7.27. The van der Waals surface area contributed by atoms with Crippen LogP contribution in [-0.2, 0) is 16.6 Å². The maximum Gasteiger partial charge on any atom is 0.191 e. The lowest BCUT2D eigenvalue weighted by Crippen LogP contribution is -2.48. The minimum Gasteiger partial charge on any atom is -0.497 e. The molecule has 2 aromatic rings. The van der Waals surface area contributed by atoms with Gasteiger partial charge in [0.05, 0.1) is 13.7 Å². The Kier molecular flexibility index (Phi) is 11.1. The molecule has 0 aromatic heterocycles. The van der Waals surface area contributed by atoms with Crippen molar-refractivity contribution in [2.24, 2.45) is 4.99 Å². The number of hydrogen-bond donors (Lipinski definition) is 2. The van der Waals surface area contributed by atoms with Crippen LogP contribution in [0.4, 0.5) is 0 Å². The number of hydrogen-bond acceptors (Lipinski definition) is 4. The number of nitrogens with zero attached hydrogens (tertiary/aromatic N) is 1. The van der Waals surface area contributed by atoms with Crippen molar-refractivity contribution in [1.29, 1.82) is 0 Å². The second kappa shape index (κ2) is 13.5. The van der Waals surface area contributed by atoms with Crippen LogP contribution < -0.4 is 20.1 Å². The first-order chi connectivity index (χ1) is 15.2. The lowest BCUT2D eigenvalue weighted by molar-refractivity contribution is 0.0513. The number of rotatable bonds is 9. The minimum atomic E-state index is 0. The van der Waals surface area contributed by atoms with Gasteiger partial charge in [0.2, 0.25) is 0 Å². The standard InChI is InChI=1S/C25H35N3O3.HI/c1-4-31-23-11-7-21(8-12-23)25(14-17-30-18-15-25)19-28-24(26-2)27-16-13-20-5-9-22(29-3)10-6-20;/h5-12H,4,13-19H2,1-3H3,(H2,26,27,28);1H. The SMILES string of the molecule is CCOc1ccc(C2(CNC(=NC)NCCc3ccc(OC)cc3)CCOCC2)cc1.I. The van der Waals surface area contributed by atoms with E-state index in [9.17, 15) is 0 Å². The Labute approximate surface area is 209 Å². The second-order valence-corrected chi connectivity index (χ2v) is 7.80. The molecule has 0 atom stereocenters. The Balaban J connectivity index is 0.00000363. The molecule has 0 amide bonds. The molecule has 1 fully saturated rings. The van der Waals surface area contributed by atoms with Gasteiger partial charge in [0.15, 0.2) is 5.96 Å². The average Bonchev–Trinajstić information content (AvgIpc) is 2.83. The van der Waals surface area contributed by atoms with Crippen molar-refractivity contribution in [3.8, 4) is 11.5 Å². The van der Waals surface area contributed by atoms with Crippen LogP contribution in [0.25, 0.3) is 0 Å². The lowest BCUT2D eigenvalue weighted by Gasteiger charge is -2.38. The highest BCUT2D eigenvalue weighted by atomic mass is 127. The summed E-state index contributed by atoms with van der Waals surface area (Å²) in [5.74, 6) is 2.62. The van der Waals surface area contributed by atoms with Gasteiger partial charge < -0.3 is 24.8 Å². The van der Waals surface area contributed by atoms with E-state index in [1.807, 2.05) is 26.1 Å². The van der Waals surface area contributed by atoms with Crippen LogP contribution in [-0.4, -0.2) is 53.0 Å². The van der Waals surface area contributed by atoms with E-state index in [0.717, 1.165) is 63.0 Å². The molecular weight excluding hydrogens is 517 g/mol. The molecular formula is C25H36IN3O3. The first-order valence-electron chi connectivity index (χ1n) is 11.1. The van der Waals surface area contributed by atoms with Crippen molar-refractivity contribution in [3.63, 3.8) is 0 Å². The number of halogens is 1. The molecule has 6 nitrogen and oxygen atoms in total. The zero-order valence-electron chi connectivity index (χ0n) is 19.4. The number of methoxy groups -OCH3 is 1. The highest BCUT2D eigenvalue weighted by molar-refractivity contribution is 14.0. The molecule has 0 bridgehead atoms. The van der Waals surface area contributed by atoms with Crippen LogP contribution in [0.15, 0.2) is 53.5 Å². The van der Waals surface area contributed by atoms with E-state index in [1.165, 1.54) is 11.1 Å². The van der Waals surface area contributed by atoms with Crippen LogP contribution in [0.2, 0.25) is 0 Å². The summed E-state index contributed by atoms with van der Waals surface area (Å²) >= 11 is 0. The summed E-state index contributed by atoms with van der Waals surface area (Å²) in [6.07, 6.45) is 2.89. The van der Waals surface area contributed by atoms with E-state index in [2.05, 4.69) is 52.0 Å². The van der Waals surface area contributed by atoms with Gasteiger partial charge in [0, 0.05) is 38.8 Å². The van der Waals surface area contributed by atoms with Crippen LogP contribution in [0.1, 0.15) is 30.9 Å². The van der Waals surface area contributed by atoms with Crippen molar-refractivity contribution in [2.45, 2.75) is 31.6 Å². The Morgan fingerprint density at radius 1 is 1.00 bits per heavy atom. The van der Waals surface area contributed by atoms with Crippen LogP contribution in [0.3, 0.4) is 0 Å². The zero-order chi connectivity index (χ0) is 21.9. The van der Waals surface area contributed by atoms with E-state index < -0.39 is 0 Å². The number of ether oxygens (including phenoxy) is 3. The van der Waals surface area contributed by atoms with Gasteiger partial charge in [-0.3, -0.25) is 4.99 Å². The van der Waals surface area contributed by atoms with Crippen molar-refractivity contribution < 1.29 is 14.2 Å². The lowest BCUT2D eigenvalue weighted by atomic mass is 9.74. The summed E-state index contributed by atoms with van der Waals surface area (Å²) in [6.45, 7) is 5.86. The Hall–Kier alpha value is -2.00. The smallest absolute Gasteiger partial charge is 0.191 e. The van der Waals surface area contributed by atoms with Gasteiger partial charge in [-0.25, -0.2) is 0 Å². The maximum atomic E-state index is 5.66. The van der Waals surface area contributed by atoms with E-state index in [4.69, 9.17) is 14.2 Å². The second-order valence-electron chi connectivity index (χ2n) is 7.80. The summed E-state index contributed by atoms with van der Waals surface area (Å²) in [5.41, 5.74) is 2.61. The predicted octanol–water partition coefficient (Wildman–Crippen LogP) is 4.17. The molecule has 0 saturated carbocycles. The summed E-state index contributed by atoms with van der Waals surface area (Å²) < 4.78 is 16.5. The van der Waals surface area contributed by atoms with Gasteiger partial charge in [0.1, 0.15) is 11.5 Å². The van der Waals surface area contributed by atoms with Gasteiger partial charge >= 0.3 is 0 Å². The summed E-state index contributed by atoms with van der Waals surface area (Å²) in [6, 6.07) is 16.7. The molecule has 3 rings (SSSR count). The topological polar surface area (TPSA) is 64.1 Å². The first-order valence-corrected chi connectivity index (χ1v) is 11.1. The van der Waals surface area contributed by atoms with E-state index in [0.29, 0.717) is 6.61 Å². The van der Waals surface area contributed by atoms with Crippen molar-refractivity contribution in [1.82, 2.24) is 10.6 Å². The maximum absolute atomic E-state index is 5.66. The van der Waals surface area contributed by atoms with Gasteiger partial charge in [-0.1, -0.05) is 24.3 Å². The largest absolute Gasteiger partial charge is 0.497 e. The molecule has 0 aliphatic carbocycles. The van der Waals surface area contributed by atoms with Crippen molar-refractivity contribution in [2.75, 3.05) is 47.1 Å². The van der Waals surface area contributed by atoms with Gasteiger partial charge in [-0.05, 0) is 61.6 Å². The molecule has 176 valence electrons. The highest BCUT2D eigenvalue weighted by Crippen LogP contribution is 2.35. The Morgan fingerprint density at radius 3 is 2.25 bits per heavy atom. The van der Waals surface area contributed by atoms with Crippen molar-refractivity contribution >= 4 is 29.9 Å². The quantitative estimate of drug-likeness (QED) is 0.278. The van der Waals surface area contributed by atoms with Crippen LogP contribution in [0, 0.1) is 0 Å². The number of guanidine groups is 1. The number of aliphatic imine (C=N–C) groups is 1. The fourth-order valence-corrected chi connectivity index (χ4v) is 3.99. The van der Waals surface area contributed by atoms with Crippen molar-refractivity contribution in [3.05, 3.63) is 59.7 Å². The predicted molar refractivity (Wildman–Crippen MR) is 141 cm³/mol. The summed E-state index contributed by atoms with van der Waals surface area (Å²) in [4.78, 5) is 4.42. The third-order valence-corrected chi connectivity index (χ3v) is 5.91. The Bertz CT molecular complexity index is 819. The van der Waals surface area contributed by atoms with E-state index in [1.54, 1.807) is 7.11 Å². The molecule has 1 aliphatic rings. The molecule has 1 aliphatic heterocycles. The fourth-order valence-electron chi connectivity index (χ4n) is 3.99.